The lowest BCUT2D eigenvalue weighted by Gasteiger charge is -2.29. The minimum absolute atomic E-state index is 0.0780. The van der Waals surface area contributed by atoms with Gasteiger partial charge in [-0.25, -0.2) is 0 Å². The maximum atomic E-state index is 12.9. The third kappa shape index (κ3) is 6.35. The summed E-state index contributed by atoms with van der Waals surface area (Å²) >= 11 is 0. The quantitative estimate of drug-likeness (QED) is 0.615. The Kier molecular flexibility index (Phi) is 8.43. The Morgan fingerprint density at radius 1 is 1.16 bits per heavy atom. The Labute approximate surface area is 153 Å². The van der Waals surface area contributed by atoms with E-state index in [4.69, 9.17) is 9.47 Å². The van der Waals surface area contributed by atoms with Gasteiger partial charge in [0.15, 0.2) is 0 Å². The van der Waals surface area contributed by atoms with Crippen LogP contribution in [0.4, 0.5) is 5.69 Å². The number of carbonyl (C=O) groups is 1. The number of ether oxygens (including phenoxy) is 2. The Balaban J connectivity index is 2.96. The number of anilines is 1. The number of nitrogens with one attached hydrogen (secondary N) is 1. The molecule has 142 valence electrons. The van der Waals surface area contributed by atoms with E-state index in [0.29, 0.717) is 6.61 Å². The molecule has 1 N–H and O–H groups in total. The lowest BCUT2D eigenvalue weighted by molar-refractivity contribution is -0.140. The molecule has 4 nitrogen and oxygen atoms in total. The largest absolute Gasteiger partial charge is 0.490 e. The number of unbranched alkanes of at least 4 members (excludes halogenated alkanes) is 1. The van der Waals surface area contributed by atoms with Crippen LogP contribution in [0.2, 0.25) is 0 Å². The fourth-order valence-electron chi connectivity index (χ4n) is 2.80. The molecule has 0 spiro atoms. The predicted octanol–water partition coefficient (Wildman–Crippen LogP) is 5.40. The molecule has 1 amide bonds. The SMILES string of the molecule is CCCCC(C)(OCCC)C(=O)Nc1cc(C)c(OC(C)C)c(C)c1. The zero-order valence-corrected chi connectivity index (χ0v) is 17.0. The summed E-state index contributed by atoms with van der Waals surface area (Å²) in [6, 6.07) is 3.92. The third-order valence-corrected chi connectivity index (χ3v) is 4.18. The van der Waals surface area contributed by atoms with Crippen LogP contribution in [0.1, 0.15) is 71.4 Å². The van der Waals surface area contributed by atoms with Gasteiger partial charge in [-0.3, -0.25) is 4.79 Å². The smallest absolute Gasteiger partial charge is 0.256 e. The number of benzene rings is 1. The lowest BCUT2D eigenvalue weighted by atomic mass is 9.97. The molecule has 1 unspecified atom stereocenters. The molecule has 1 rings (SSSR count). The van der Waals surface area contributed by atoms with Crippen molar-refractivity contribution in [2.75, 3.05) is 11.9 Å². The van der Waals surface area contributed by atoms with E-state index in [9.17, 15) is 4.79 Å². The molecule has 0 fully saturated rings. The number of hydrogen-bond acceptors (Lipinski definition) is 3. The van der Waals surface area contributed by atoms with Crippen LogP contribution >= 0.6 is 0 Å². The van der Waals surface area contributed by atoms with E-state index >= 15 is 0 Å². The second kappa shape index (κ2) is 9.81. The van der Waals surface area contributed by atoms with Crippen LogP contribution in [0.15, 0.2) is 12.1 Å². The van der Waals surface area contributed by atoms with Gasteiger partial charge in [-0.2, -0.15) is 0 Å². The highest BCUT2D eigenvalue weighted by molar-refractivity contribution is 5.97. The van der Waals surface area contributed by atoms with Crippen molar-refractivity contribution in [2.24, 2.45) is 0 Å². The van der Waals surface area contributed by atoms with Gasteiger partial charge < -0.3 is 14.8 Å². The van der Waals surface area contributed by atoms with Crippen LogP contribution in [0.25, 0.3) is 0 Å². The molecule has 4 heteroatoms. The fourth-order valence-corrected chi connectivity index (χ4v) is 2.80. The van der Waals surface area contributed by atoms with Crippen LogP contribution in [-0.4, -0.2) is 24.2 Å². The van der Waals surface area contributed by atoms with Gasteiger partial charge in [0.1, 0.15) is 11.4 Å². The molecule has 0 aliphatic heterocycles. The van der Waals surface area contributed by atoms with Gasteiger partial charge in [0.25, 0.3) is 5.91 Å². The Morgan fingerprint density at radius 2 is 1.76 bits per heavy atom. The second-order valence-corrected chi connectivity index (χ2v) is 7.24. The van der Waals surface area contributed by atoms with Crippen LogP contribution in [0.3, 0.4) is 0 Å². The van der Waals surface area contributed by atoms with Gasteiger partial charge >= 0.3 is 0 Å². The van der Waals surface area contributed by atoms with Crippen molar-refractivity contribution in [2.45, 2.75) is 85.9 Å². The molecule has 1 atom stereocenters. The molecule has 0 saturated heterocycles. The first-order valence-corrected chi connectivity index (χ1v) is 9.46. The van der Waals surface area contributed by atoms with Crippen molar-refractivity contribution < 1.29 is 14.3 Å². The molecule has 25 heavy (non-hydrogen) atoms. The van der Waals surface area contributed by atoms with Crippen molar-refractivity contribution >= 4 is 11.6 Å². The first kappa shape index (κ1) is 21.5. The van der Waals surface area contributed by atoms with Gasteiger partial charge in [-0.05, 0) is 70.7 Å². The zero-order valence-electron chi connectivity index (χ0n) is 17.0. The summed E-state index contributed by atoms with van der Waals surface area (Å²) in [7, 11) is 0. The number of carbonyl (C=O) groups excluding carboxylic acids is 1. The van der Waals surface area contributed by atoms with E-state index in [1.165, 1.54) is 0 Å². The minimum atomic E-state index is -0.791. The maximum absolute atomic E-state index is 12.9. The maximum Gasteiger partial charge on any atom is 0.256 e. The molecule has 0 aromatic heterocycles. The first-order valence-electron chi connectivity index (χ1n) is 9.46. The van der Waals surface area contributed by atoms with Gasteiger partial charge in [0, 0.05) is 12.3 Å². The first-order chi connectivity index (χ1) is 11.7. The summed E-state index contributed by atoms with van der Waals surface area (Å²) in [5.41, 5.74) is 2.04. The van der Waals surface area contributed by atoms with Gasteiger partial charge in [0.2, 0.25) is 0 Å². The third-order valence-electron chi connectivity index (χ3n) is 4.18. The number of aryl methyl sites for hydroxylation is 2. The molecule has 0 aliphatic carbocycles. The predicted molar refractivity (Wildman–Crippen MR) is 104 cm³/mol. The number of amides is 1. The van der Waals surface area contributed by atoms with Crippen molar-refractivity contribution in [3.05, 3.63) is 23.3 Å². The molecule has 0 saturated carbocycles. The van der Waals surface area contributed by atoms with Crippen molar-refractivity contribution in [3.8, 4) is 5.75 Å². The molecular formula is C21H35NO3. The molecule has 1 aromatic carbocycles. The van der Waals surface area contributed by atoms with Gasteiger partial charge in [-0.1, -0.05) is 26.7 Å². The highest BCUT2D eigenvalue weighted by atomic mass is 16.5. The van der Waals surface area contributed by atoms with Crippen molar-refractivity contribution in [1.82, 2.24) is 0 Å². The summed E-state index contributed by atoms with van der Waals surface area (Å²) in [4.78, 5) is 12.9. The van der Waals surface area contributed by atoms with Gasteiger partial charge in [0.05, 0.1) is 6.10 Å². The normalized spacial score (nSPS) is 13.6. The number of rotatable bonds is 10. The highest BCUT2D eigenvalue weighted by Gasteiger charge is 2.33. The Morgan fingerprint density at radius 3 is 2.24 bits per heavy atom. The van der Waals surface area contributed by atoms with E-state index < -0.39 is 5.60 Å². The highest BCUT2D eigenvalue weighted by Crippen LogP contribution is 2.29. The lowest BCUT2D eigenvalue weighted by Crippen LogP contribution is -2.43. The molecule has 0 heterocycles. The number of hydrogen-bond donors (Lipinski definition) is 1. The van der Waals surface area contributed by atoms with E-state index in [-0.39, 0.29) is 12.0 Å². The van der Waals surface area contributed by atoms with Crippen LogP contribution < -0.4 is 10.1 Å². The van der Waals surface area contributed by atoms with Crippen LogP contribution in [0.5, 0.6) is 5.75 Å². The molecule has 0 aliphatic rings. The summed E-state index contributed by atoms with van der Waals surface area (Å²) in [5, 5.41) is 3.04. The van der Waals surface area contributed by atoms with E-state index in [0.717, 1.165) is 48.2 Å². The average Bonchev–Trinajstić information content (AvgIpc) is 2.54. The average molecular weight is 350 g/mol. The van der Waals surface area contributed by atoms with Crippen molar-refractivity contribution in [1.29, 1.82) is 0 Å². The van der Waals surface area contributed by atoms with Crippen LogP contribution in [-0.2, 0) is 9.53 Å². The van der Waals surface area contributed by atoms with E-state index in [2.05, 4.69) is 19.2 Å². The van der Waals surface area contributed by atoms with Gasteiger partial charge in [-0.15, -0.1) is 0 Å². The molecule has 1 aromatic rings. The minimum Gasteiger partial charge on any atom is -0.490 e. The van der Waals surface area contributed by atoms with E-state index in [1.807, 2.05) is 46.8 Å². The summed E-state index contributed by atoms with van der Waals surface area (Å²) < 4.78 is 11.8. The summed E-state index contributed by atoms with van der Waals surface area (Å²) in [5.74, 6) is 0.815. The Bertz CT molecular complexity index is 535. The van der Waals surface area contributed by atoms with E-state index in [1.54, 1.807) is 0 Å². The second-order valence-electron chi connectivity index (χ2n) is 7.24. The standard InChI is InChI=1S/C21H35NO3/c1-8-10-11-21(7,24-12-9-2)20(23)22-18-13-16(5)19(17(6)14-18)25-15(3)4/h13-15H,8-12H2,1-7H3,(H,22,23). The molecule has 0 bridgehead atoms. The molecular weight excluding hydrogens is 314 g/mol. The fraction of sp³-hybridized carbons (Fsp3) is 0.667. The monoisotopic (exact) mass is 349 g/mol. The summed E-state index contributed by atoms with van der Waals surface area (Å²) in [6.07, 6.45) is 3.75. The van der Waals surface area contributed by atoms with Crippen molar-refractivity contribution in [3.63, 3.8) is 0 Å². The summed E-state index contributed by atoms with van der Waals surface area (Å²) in [6.45, 7) is 14.7. The molecule has 0 radical (unpaired) electrons. The van der Waals surface area contributed by atoms with Crippen LogP contribution in [0, 0.1) is 13.8 Å². The Hall–Kier alpha value is -1.55. The topological polar surface area (TPSA) is 47.6 Å². The zero-order chi connectivity index (χ0) is 19.0.